The highest BCUT2D eigenvalue weighted by molar-refractivity contribution is 5.75. The molecule has 3 heteroatoms. The number of nitrogens with zero attached hydrogens (tertiary/aromatic N) is 1. The van der Waals surface area contributed by atoms with Gasteiger partial charge in [-0.1, -0.05) is 53.9 Å². The molecular weight excluding hydrogens is 238 g/mol. The zero-order chi connectivity index (χ0) is 14.7. The van der Waals surface area contributed by atoms with E-state index in [1.165, 1.54) is 19.3 Å². The third-order valence-electron chi connectivity index (χ3n) is 3.92. The Hall–Kier alpha value is -0.570. The van der Waals surface area contributed by atoms with Crippen LogP contribution >= 0.6 is 0 Å². The second kappa shape index (κ2) is 11.3. The van der Waals surface area contributed by atoms with Crippen molar-refractivity contribution in [3.05, 3.63) is 0 Å². The lowest BCUT2D eigenvalue weighted by Gasteiger charge is -2.27. The van der Waals surface area contributed by atoms with E-state index < -0.39 is 0 Å². The predicted octanol–water partition coefficient (Wildman–Crippen LogP) is 3.87. The van der Waals surface area contributed by atoms with Crippen LogP contribution in [0.3, 0.4) is 0 Å². The molecule has 0 N–H and O–H groups in total. The smallest absolute Gasteiger partial charge is 0.323 e. The van der Waals surface area contributed by atoms with Gasteiger partial charge in [0.1, 0.15) is 6.04 Å². The molecule has 0 aromatic rings. The van der Waals surface area contributed by atoms with Crippen molar-refractivity contribution in [3.63, 3.8) is 0 Å². The summed E-state index contributed by atoms with van der Waals surface area (Å²) >= 11 is 0. The maximum atomic E-state index is 12.2. The molecule has 0 aromatic heterocycles. The van der Waals surface area contributed by atoms with Crippen molar-refractivity contribution in [1.29, 1.82) is 0 Å². The molecule has 2 unspecified atom stereocenters. The first-order valence-electron chi connectivity index (χ1n) is 8.04. The van der Waals surface area contributed by atoms with E-state index in [1.54, 1.807) is 0 Å². The molecule has 0 aliphatic heterocycles. The molecule has 2 atom stereocenters. The standard InChI is InChI=1S/C16H33NO2/c1-6-11-12-14(7-2)13-19-16(18)15(8-3)17(9-4)10-5/h14-15H,6-13H2,1-5H3. The van der Waals surface area contributed by atoms with Crippen LogP contribution in [0, 0.1) is 5.92 Å². The molecule has 0 spiro atoms. The molecule has 19 heavy (non-hydrogen) atoms. The SMILES string of the molecule is CCCCC(CC)COC(=O)C(CC)N(CC)CC. The maximum Gasteiger partial charge on any atom is 0.323 e. The fraction of sp³-hybridized carbons (Fsp3) is 0.938. The fourth-order valence-electron chi connectivity index (χ4n) is 2.43. The summed E-state index contributed by atoms with van der Waals surface area (Å²) < 4.78 is 5.55. The van der Waals surface area contributed by atoms with Crippen molar-refractivity contribution in [2.75, 3.05) is 19.7 Å². The van der Waals surface area contributed by atoms with Crippen molar-refractivity contribution in [2.24, 2.45) is 5.92 Å². The molecule has 0 aliphatic rings. The average molecular weight is 271 g/mol. The average Bonchev–Trinajstić information content (AvgIpc) is 2.44. The molecule has 0 amide bonds. The van der Waals surface area contributed by atoms with Crippen LogP contribution in [-0.2, 0) is 9.53 Å². The van der Waals surface area contributed by atoms with Gasteiger partial charge in [0, 0.05) is 0 Å². The fourth-order valence-corrected chi connectivity index (χ4v) is 2.43. The normalized spacial score (nSPS) is 14.4. The van der Waals surface area contributed by atoms with Crippen LogP contribution in [0.5, 0.6) is 0 Å². The van der Waals surface area contributed by atoms with E-state index in [2.05, 4.69) is 39.5 Å². The maximum absolute atomic E-state index is 12.2. The number of carbonyl (C=O) groups excluding carboxylic acids is 1. The molecule has 3 nitrogen and oxygen atoms in total. The van der Waals surface area contributed by atoms with E-state index in [-0.39, 0.29) is 12.0 Å². The van der Waals surface area contributed by atoms with Crippen LogP contribution in [-0.4, -0.2) is 36.6 Å². The molecule has 0 rings (SSSR count). The van der Waals surface area contributed by atoms with Crippen LogP contribution in [0.2, 0.25) is 0 Å². The van der Waals surface area contributed by atoms with Crippen LogP contribution in [0.15, 0.2) is 0 Å². The first-order chi connectivity index (χ1) is 9.14. The van der Waals surface area contributed by atoms with Crippen molar-refractivity contribution in [2.45, 2.75) is 72.8 Å². The van der Waals surface area contributed by atoms with Crippen LogP contribution < -0.4 is 0 Å². The zero-order valence-corrected chi connectivity index (χ0v) is 13.6. The van der Waals surface area contributed by atoms with Crippen LogP contribution in [0.4, 0.5) is 0 Å². The summed E-state index contributed by atoms with van der Waals surface area (Å²) in [6, 6.07) is -0.0707. The third-order valence-corrected chi connectivity index (χ3v) is 3.92. The molecular formula is C16H33NO2. The van der Waals surface area contributed by atoms with Gasteiger partial charge in [0.15, 0.2) is 0 Å². The summed E-state index contributed by atoms with van der Waals surface area (Å²) in [5.41, 5.74) is 0. The van der Waals surface area contributed by atoms with Gasteiger partial charge in [-0.25, -0.2) is 0 Å². The minimum atomic E-state index is -0.0707. The molecule has 0 aliphatic carbocycles. The number of esters is 1. The summed E-state index contributed by atoms with van der Waals surface area (Å²) in [5.74, 6) is 0.485. The van der Waals surface area contributed by atoms with Gasteiger partial charge in [-0.3, -0.25) is 9.69 Å². The summed E-state index contributed by atoms with van der Waals surface area (Å²) in [5, 5.41) is 0. The Labute approximate surface area is 119 Å². The van der Waals surface area contributed by atoms with Gasteiger partial charge < -0.3 is 4.74 Å². The van der Waals surface area contributed by atoms with E-state index in [0.29, 0.717) is 12.5 Å². The van der Waals surface area contributed by atoms with Gasteiger partial charge in [-0.05, 0) is 31.8 Å². The molecule has 0 fully saturated rings. The number of rotatable bonds is 11. The Morgan fingerprint density at radius 3 is 2.11 bits per heavy atom. The highest BCUT2D eigenvalue weighted by Gasteiger charge is 2.24. The Kier molecular flexibility index (Phi) is 10.9. The second-order valence-electron chi connectivity index (χ2n) is 5.19. The van der Waals surface area contributed by atoms with Crippen LogP contribution in [0.1, 0.15) is 66.7 Å². The molecule has 0 saturated heterocycles. The van der Waals surface area contributed by atoms with Gasteiger partial charge in [0.2, 0.25) is 0 Å². The number of likely N-dealkylation sites (N-methyl/N-ethyl adjacent to an activating group) is 1. The second-order valence-corrected chi connectivity index (χ2v) is 5.19. The minimum absolute atomic E-state index is 0.0406. The topological polar surface area (TPSA) is 29.5 Å². The molecule has 0 heterocycles. The quantitative estimate of drug-likeness (QED) is 0.534. The number of ether oxygens (including phenoxy) is 1. The Bertz CT molecular complexity index is 227. The lowest BCUT2D eigenvalue weighted by atomic mass is 10.0. The minimum Gasteiger partial charge on any atom is -0.464 e. The number of unbranched alkanes of at least 4 members (excludes halogenated alkanes) is 1. The number of hydrogen-bond donors (Lipinski definition) is 0. The predicted molar refractivity (Wildman–Crippen MR) is 81.3 cm³/mol. The zero-order valence-electron chi connectivity index (χ0n) is 13.6. The number of hydrogen-bond acceptors (Lipinski definition) is 3. The first kappa shape index (κ1) is 18.4. The van der Waals surface area contributed by atoms with Crippen molar-refractivity contribution in [1.82, 2.24) is 4.90 Å². The van der Waals surface area contributed by atoms with E-state index in [0.717, 1.165) is 25.9 Å². The summed E-state index contributed by atoms with van der Waals surface area (Å²) in [4.78, 5) is 14.3. The summed E-state index contributed by atoms with van der Waals surface area (Å²) in [6.45, 7) is 13.0. The van der Waals surface area contributed by atoms with E-state index in [4.69, 9.17) is 4.74 Å². The third kappa shape index (κ3) is 6.95. The Morgan fingerprint density at radius 2 is 1.68 bits per heavy atom. The first-order valence-corrected chi connectivity index (χ1v) is 8.04. The molecule has 0 aromatic carbocycles. The largest absolute Gasteiger partial charge is 0.464 e. The lowest BCUT2D eigenvalue weighted by molar-refractivity contribution is -0.151. The van der Waals surface area contributed by atoms with Crippen LogP contribution in [0.25, 0.3) is 0 Å². The van der Waals surface area contributed by atoms with E-state index in [1.807, 2.05) is 0 Å². The molecule has 0 bridgehead atoms. The Morgan fingerprint density at radius 1 is 1.05 bits per heavy atom. The molecule has 0 radical (unpaired) electrons. The molecule has 114 valence electrons. The van der Waals surface area contributed by atoms with Gasteiger partial charge in [0.25, 0.3) is 0 Å². The monoisotopic (exact) mass is 271 g/mol. The van der Waals surface area contributed by atoms with Crippen molar-refractivity contribution >= 4 is 5.97 Å². The van der Waals surface area contributed by atoms with Gasteiger partial charge in [0.05, 0.1) is 6.61 Å². The highest BCUT2D eigenvalue weighted by atomic mass is 16.5. The van der Waals surface area contributed by atoms with Crippen molar-refractivity contribution < 1.29 is 9.53 Å². The van der Waals surface area contributed by atoms with Crippen molar-refractivity contribution in [3.8, 4) is 0 Å². The lowest BCUT2D eigenvalue weighted by Crippen LogP contribution is -2.42. The summed E-state index contributed by atoms with van der Waals surface area (Å²) in [7, 11) is 0. The van der Waals surface area contributed by atoms with Gasteiger partial charge in [-0.15, -0.1) is 0 Å². The highest BCUT2D eigenvalue weighted by Crippen LogP contribution is 2.14. The molecule has 0 saturated carbocycles. The van der Waals surface area contributed by atoms with E-state index >= 15 is 0 Å². The Balaban J connectivity index is 4.24. The van der Waals surface area contributed by atoms with Gasteiger partial charge >= 0.3 is 5.97 Å². The number of carbonyl (C=O) groups is 1. The van der Waals surface area contributed by atoms with Gasteiger partial charge in [-0.2, -0.15) is 0 Å². The van der Waals surface area contributed by atoms with E-state index in [9.17, 15) is 4.79 Å². The summed E-state index contributed by atoms with van der Waals surface area (Å²) in [6.07, 6.45) is 5.52.